The van der Waals surface area contributed by atoms with E-state index in [1.807, 2.05) is 59.5 Å². The average molecular weight is 364 g/mol. The van der Waals surface area contributed by atoms with Crippen molar-refractivity contribution in [3.8, 4) is 11.1 Å². The first-order valence-corrected chi connectivity index (χ1v) is 9.50. The zero-order valence-electron chi connectivity index (χ0n) is 16.1. The largest absolute Gasteiger partial charge is 0.392 e. The van der Waals surface area contributed by atoms with Gasteiger partial charge in [-0.1, -0.05) is 42.5 Å². The van der Waals surface area contributed by atoms with Gasteiger partial charge in [0.25, 0.3) is 5.91 Å². The number of amides is 1. The van der Waals surface area contributed by atoms with E-state index in [0.717, 1.165) is 29.8 Å². The van der Waals surface area contributed by atoms with Crippen molar-refractivity contribution in [1.29, 1.82) is 0 Å². The predicted octanol–water partition coefficient (Wildman–Crippen LogP) is 3.57. The molecule has 0 bridgehead atoms. The molecule has 2 atom stereocenters. The second-order valence-electron chi connectivity index (χ2n) is 7.29. The Balaban J connectivity index is 1.85. The van der Waals surface area contributed by atoms with E-state index < -0.39 is 0 Å². The van der Waals surface area contributed by atoms with Crippen LogP contribution in [0.2, 0.25) is 0 Å². The SMILES string of the molecule is C=CCN1C[C@@H](C)N(C(=O)c2cccc(-c3ccccc3CO)c2)C[C@H]1C. The minimum Gasteiger partial charge on any atom is -0.392 e. The van der Waals surface area contributed by atoms with Gasteiger partial charge in [-0.05, 0) is 42.7 Å². The molecule has 0 radical (unpaired) electrons. The Morgan fingerprint density at radius 1 is 1.15 bits per heavy atom. The Kier molecular flexibility index (Phi) is 6.09. The third-order valence-corrected chi connectivity index (χ3v) is 5.35. The molecule has 0 spiro atoms. The molecule has 27 heavy (non-hydrogen) atoms. The second kappa shape index (κ2) is 8.51. The van der Waals surface area contributed by atoms with E-state index in [-0.39, 0.29) is 18.6 Å². The zero-order chi connectivity index (χ0) is 19.4. The number of piperazine rings is 1. The van der Waals surface area contributed by atoms with Crippen molar-refractivity contribution in [3.63, 3.8) is 0 Å². The monoisotopic (exact) mass is 364 g/mol. The van der Waals surface area contributed by atoms with Crippen LogP contribution >= 0.6 is 0 Å². The van der Waals surface area contributed by atoms with Gasteiger partial charge in [-0.2, -0.15) is 0 Å². The fraction of sp³-hybridized carbons (Fsp3) is 0.348. The van der Waals surface area contributed by atoms with Gasteiger partial charge in [0.15, 0.2) is 0 Å². The van der Waals surface area contributed by atoms with Crippen LogP contribution in [0.3, 0.4) is 0 Å². The third kappa shape index (κ3) is 4.12. The van der Waals surface area contributed by atoms with Crippen molar-refractivity contribution in [2.24, 2.45) is 0 Å². The lowest BCUT2D eigenvalue weighted by Crippen LogP contribution is -2.57. The van der Waals surface area contributed by atoms with Gasteiger partial charge in [-0.3, -0.25) is 9.69 Å². The van der Waals surface area contributed by atoms with E-state index in [1.54, 1.807) is 0 Å². The summed E-state index contributed by atoms with van der Waals surface area (Å²) in [5.74, 6) is 0.0657. The first kappa shape index (κ1) is 19.3. The van der Waals surface area contributed by atoms with E-state index in [0.29, 0.717) is 18.2 Å². The van der Waals surface area contributed by atoms with Crippen molar-refractivity contribution < 1.29 is 9.90 Å². The summed E-state index contributed by atoms with van der Waals surface area (Å²) in [6, 6.07) is 15.9. The number of rotatable bonds is 5. The summed E-state index contributed by atoms with van der Waals surface area (Å²) in [6.45, 7) is 10.5. The third-order valence-electron chi connectivity index (χ3n) is 5.35. The highest BCUT2D eigenvalue weighted by Gasteiger charge is 2.31. The van der Waals surface area contributed by atoms with Crippen LogP contribution in [0.25, 0.3) is 11.1 Å². The van der Waals surface area contributed by atoms with Gasteiger partial charge < -0.3 is 10.0 Å². The van der Waals surface area contributed by atoms with Crippen LogP contribution in [0, 0.1) is 0 Å². The standard InChI is InChI=1S/C23H28N2O2/c1-4-12-24-14-18(3)25(15-17(24)2)23(27)20-10-7-9-19(13-20)22-11-6-5-8-21(22)16-26/h4-11,13,17-18,26H,1,12,14-16H2,2-3H3/t17-,18-/m1/s1. The lowest BCUT2D eigenvalue weighted by atomic mass is 9.97. The molecule has 0 aromatic heterocycles. The number of aliphatic hydroxyl groups is 1. The van der Waals surface area contributed by atoms with Crippen LogP contribution in [0.1, 0.15) is 29.8 Å². The highest BCUT2D eigenvalue weighted by atomic mass is 16.3. The van der Waals surface area contributed by atoms with Gasteiger partial charge in [0, 0.05) is 37.3 Å². The molecule has 1 heterocycles. The van der Waals surface area contributed by atoms with Crippen molar-refractivity contribution >= 4 is 5.91 Å². The molecule has 2 aromatic carbocycles. The molecule has 3 rings (SSSR count). The van der Waals surface area contributed by atoms with Crippen molar-refractivity contribution in [2.75, 3.05) is 19.6 Å². The smallest absolute Gasteiger partial charge is 0.254 e. The molecule has 4 nitrogen and oxygen atoms in total. The van der Waals surface area contributed by atoms with E-state index in [9.17, 15) is 9.90 Å². The van der Waals surface area contributed by atoms with Crippen LogP contribution in [0.4, 0.5) is 0 Å². The molecule has 1 aliphatic heterocycles. The lowest BCUT2D eigenvalue weighted by molar-refractivity contribution is 0.0355. The van der Waals surface area contributed by atoms with Crippen LogP contribution in [-0.2, 0) is 6.61 Å². The molecule has 0 aliphatic carbocycles. The highest BCUT2D eigenvalue weighted by Crippen LogP contribution is 2.26. The lowest BCUT2D eigenvalue weighted by Gasteiger charge is -2.43. The van der Waals surface area contributed by atoms with E-state index >= 15 is 0 Å². The van der Waals surface area contributed by atoms with Crippen molar-refractivity contribution in [3.05, 3.63) is 72.3 Å². The fourth-order valence-corrected chi connectivity index (χ4v) is 3.83. The summed E-state index contributed by atoms with van der Waals surface area (Å²) in [7, 11) is 0. The number of hydrogen-bond acceptors (Lipinski definition) is 3. The molecular formula is C23H28N2O2. The first-order chi connectivity index (χ1) is 13.0. The first-order valence-electron chi connectivity index (χ1n) is 9.50. The van der Waals surface area contributed by atoms with Gasteiger partial charge >= 0.3 is 0 Å². The van der Waals surface area contributed by atoms with Crippen molar-refractivity contribution in [2.45, 2.75) is 32.5 Å². The summed E-state index contributed by atoms with van der Waals surface area (Å²) < 4.78 is 0. The maximum atomic E-state index is 13.2. The second-order valence-corrected chi connectivity index (χ2v) is 7.29. The summed E-state index contributed by atoms with van der Waals surface area (Å²) in [4.78, 5) is 17.5. The topological polar surface area (TPSA) is 43.8 Å². The Morgan fingerprint density at radius 3 is 2.67 bits per heavy atom. The Morgan fingerprint density at radius 2 is 1.93 bits per heavy atom. The fourth-order valence-electron chi connectivity index (χ4n) is 3.83. The van der Waals surface area contributed by atoms with Gasteiger partial charge in [0.05, 0.1) is 6.61 Å². The summed E-state index contributed by atoms with van der Waals surface area (Å²) >= 11 is 0. The molecule has 1 saturated heterocycles. The number of benzene rings is 2. The van der Waals surface area contributed by atoms with E-state index in [2.05, 4.69) is 25.3 Å². The van der Waals surface area contributed by atoms with E-state index in [1.165, 1.54) is 0 Å². The summed E-state index contributed by atoms with van der Waals surface area (Å²) in [6.07, 6.45) is 1.92. The average Bonchev–Trinajstić information content (AvgIpc) is 2.70. The normalized spacial score (nSPS) is 20.5. The quantitative estimate of drug-likeness (QED) is 0.825. The van der Waals surface area contributed by atoms with Gasteiger partial charge in [0.1, 0.15) is 0 Å². The van der Waals surface area contributed by atoms with Gasteiger partial charge in [-0.25, -0.2) is 0 Å². The Labute approximate surface area is 161 Å². The minimum atomic E-state index is -0.0197. The number of carbonyl (C=O) groups is 1. The molecule has 1 aliphatic rings. The van der Waals surface area contributed by atoms with Crippen LogP contribution in [0.5, 0.6) is 0 Å². The maximum absolute atomic E-state index is 13.2. The number of carbonyl (C=O) groups excluding carboxylic acids is 1. The molecule has 1 amide bonds. The Hall–Kier alpha value is -2.43. The molecule has 0 saturated carbocycles. The number of nitrogens with zero attached hydrogens (tertiary/aromatic N) is 2. The van der Waals surface area contributed by atoms with Crippen LogP contribution in [-0.4, -0.2) is 52.5 Å². The summed E-state index contributed by atoms with van der Waals surface area (Å²) in [5, 5.41) is 9.61. The molecule has 1 fully saturated rings. The van der Waals surface area contributed by atoms with Crippen LogP contribution in [0.15, 0.2) is 61.2 Å². The minimum absolute atomic E-state index is 0.0197. The van der Waals surface area contributed by atoms with Crippen LogP contribution < -0.4 is 0 Å². The molecule has 1 N–H and O–H groups in total. The highest BCUT2D eigenvalue weighted by molar-refractivity contribution is 5.96. The molecular weight excluding hydrogens is 336 g/mol. The van der Waals surface area contributed by atoms with Gasteiger partial charge in [0.2, 0.25) is 0 Å². The Bertz CT molecular complexity index is 818. The number of aliphatic hydroxyl groups excluding tert-OH is 1. The molecule has 2 aromatic rings. The predicted molar refractivity (Wildman–Crippen MR) is 110 cm³/mol. The molecule has 4 heteroatoms. The summed E-state index contributed by atoms with van der Waals surface area (Å²) in [5.41, 5.74) is 3.47. The molecule has 0 unspecified atom stereocenters. The maximum Gasteiger partial charge on any atom is 0.254 e. The van der Waals surface area contributed by atoms with E-state index in [4.69, 9.17) is 0 Å². The molecule has 142 valence electrons. The van der Waals surface area contributed by atoms with Crippen molar-refractivity contribution in [1.82, 2.24) is 9.80 Å². The number of hydrogen-bond donors (Lipinski definition) is 1. The van der Waals surface area contributed by atoms with Gasteiger partial charge in [-0.15, -0.1) is 6.58 Å². The zero-order valence-corrected chi connectivity index (χ0v) is 16.1.